The lowest BCUT2D eigenvalue weighted by Crippen LogP contribution is -2.36. The van der Waals surface area contributed by atoms with Gasteiger partial charge in [0.2, 0.25) is 11.8 Å². The van der Waals surface area contributed by atoms with Crippen LogP contribution in [0.2, 0.25) is 0 Å². The van der Waals surface area contributed by atoms with Gasteiger partial charge in [-0.1, -0.05) is 26.0 Å². The molecule has 1 aromatic carbocycles. The van der Waals surface area contributed by atoms with Gasteiger partial charge in [0.05, 0.1) is 5.56 Å². The van der Waals surface area contributed by atoms with Gasteiger partial charge in [-0.15, -0.1) is 0 Å². The smallest absolute Gasteiger partial charge is 0.222 e. The van der Waals surface area contributed by atoms with E-state index in [2.05, 4.69) is 10.6 Å². The zero-order valence-electron chi connectivity index (χ0n) is 14.5. The molecular formula is C19H23FN2O3. The highest BCUT2D eigenvalue weighted by molar-refractivity contribution is 5.78. The van der Waals surface area contributed by atoms with Gasteiger partial charge in [0.15, 0.2) is 0 Å². The molecular weight excluding hydrogens is 323 g/mol. The maximum absolute atomic E-state index is 13.7. The summed E-state index contributed by atoms with van der Waals surface area (Å²) in [6, 6.07) is 9.84. The van der Waals surface area contributed by atoms with Gasteiger partial charge in [-0.2, -0.15) is 0 Å². The maximum atomic E-state index is 13.7. The number of rotatable bonds is 8. The minimum atomic E-state index is -0.343. The lowest BCUT2D eigenvalue weighted by atomic mass is 10.1. The number of amides is 2. The first-order chi connectivity index (χ1) is 12.0. The van der Waals surface area contributed by atoms with E-state index in [1.165, 1.54) is 6.07 Å². The van der Waals surface area contributed by atoms with Crippen LogP contribution in [0.4, 0.5) is 4.39 Å². The molecule has 6 heteroatoms. The van der Waals surface area contributed by atoms with Gasteiger partial charge in [0.1, 0.15) is 17.3 Å². The van der Waals surface area contributed by atoms with Gasteiger partial charge < -0.3 is 15.1 Å². The van der Waals surface area contributed by atoms with Crippen LogP contribution in [0.15, 0.2) is 40.8 Å². The van der Waals surface area contributed by atoms with E-state index < -0.39 is 0 Å². The van der Waals surface area contributed by atoms with Gasteiger partial charge >= 0.3 is 0 Å². The predicted octanol–water partition coefficient (Wildman–Crippen LogP) is 2.91. The molecule has 0 saturated carbocycles. The SMILES string of the molecule is CC(C)C(=O)NCCNC(=O)CCc1ccc(-c2ccccc2F)o1. The molecule has 2 N–H and O–H groups in total. The summed E-state index contributed by atoms with van der Waals surface area (Å²) in [4.78, 5) is 23.2. The molecule has 0 bridgehead atoms. The van der Waals surface area contributed by atoms with Crippen LogP contribution in [0, 0.1) is 11.7 Å². The summed E-state index contributed by atoms with van der Waals surface area (Å²) in [5.41, 5.74) is 0.402. The monoisotopic (exact) mass is 346 g/mol. The van der Waals surface area contributed by atoms with E-state index in [1.54, 1.807) is 30.3 Å². The van der Waals surface area contributed by atoms with Gasteiger partial charge in [-0.25, -0.2) is 4.39 Å². The highest BCUT2D eigenvalue weighted by atomic mass is 19.1. The van der Waals surface area contributed by atoms with Crippen molar-refractivity contribution < 1.29 is 18.4 Å². The van der Waals surface area contributed by atoms with Crippen molar-refractivity contribution in [2.24, 2.45) is 5.92 Å². The summed E-state index contributed by atoms with van der Waals surface area (Å²) < 4.78 is 19.3. The lowest BCUT2D eigenvalue weighted by Gasteiger charge is -2.08. The van der Waals surface area contributed by atoms with Crippen LogP contribution in [0.25, 0.3) is 11.3 Å². The second kappa shape index (κ2) is 9.01. The fourth-order valence-electron chi connectivity index (χ4n) is 2.23. The van der Waals surface area contributed by atoms with Gasteiger partial charge in [0.25, 0.3) is 0 Å². The summed E-state index contributed by atoms with van der Waals surface area (Å²) >= 11 is 0. The number of benzene rings is 1. The molecule has 2 amide bonds. The number of aryl methyl sites for hydroxylation is 1. The quantitative estimate of drug-likeness (QED) is 0.722. The zero-order valence-corrected chi connectivity index (χ0v) is 14.5. The van der Waals surface area contributed by atoms with Crippen molar-refractivity contribution in [2.75, 3.05) is 13.1 Å². The summed E-state index contributed by atoms with van der Waals surface area (Å²) in [5.74, 6) is 0.502. The molecule has 1 heterocycles. The fraction of sp³-hybridized carbons (Fsp3) is 0.368. The number of carbonyl (C=O) groups excluding carboxylic acids is 2. The summed E-state index contributed by atoms with van der Waals surface area (Å²) in [6.07, 6.45) is 0.695. The molecule has 0 aliphatic heterocycles. The minimum Gasteiger partial charge on any atom is -0.461 e. The second-order valence-corrected chi connectivity index (χ2v) is 6.04. The Morgan fingerprint density at radius 1 is 1.08 bits per heavy atom. The molecule has 2 aromatic rings. The Morgan fingerprint density at radius 2 is 1.80 bits per heavy atom. The number of hydrogen-bond donors (Lipinski definition) is 2. The van der Waals surface area contributed by atoms with Crippen LogP contribution in [-0.2, 0) is 16.0 Å². The van der Waals surface area contributed by atoms with Crippen LogP contribution in [-0.4, -0.2) is 24.9 Å². The third-order valence-electron chi connectivity index (χ3n) is 3.67. The normalized spacial score (nSPS) is 10.7. The van der Waals surface area contributed by atoms with E-state index in [4.69, 9.17) is 4.42 Å². The molecule has 0 unspecified atom stereocenters. The number of nitrogens with one attached hydrogen (secondary N) is 2. The number of hydrogen-bond acceptors (Lipinski definition) is 3. The average molecular weight is 346 g/mol. The van der Waals surface area contributed by atoms with E-state index >= 15 is 0 Å². The predicted molar refractivity (Wildman–Crippen MR) is 93.3 cm³/mol. The van der Waals surface area contributed by atoms with Crippen molar-refractivity contribution in [3.63, 3.8) is 0 Å². The van der Waals surface area contributed by atoms with Crippen LogP contribution in [0.3, 0.4) is 0 Å². The van der Waals surface area contributed by atoms with E-state index in [1.807, 2.05) is 13.8 Å². The maximum Gasteiger partial charge on any atom is 0.222 e. The summed E-state index contributed by atoms with van der Waals surface area (Å²) in [6.45, 7) is 4.41. The molecule has 25 heavy (non-hydrogen) atoms. The van der Waals surface area contributed by atoms with Crippen molar-refractivity contribution >= 4 is 11.8 Å². The Balaban J connectivity index is 1.74. The van der Waals surface area contributed by atoms with Gasteiger partial charge in [-0.3, -0.25) is 9.59 Å². The Morgan fingerprint density at radius 3 is 2.52 bits per heavy atom. The Bertz CT molecular complexity index is 725. The number of carbonyl (C=O) groups is 2. The molecule has 0 saturated heterocycles. The number of furan rings is 1. The third-order valence-corrected chi connectivity index (χ3v) is 3.67. The highest BCUT2D eigenvalue weighted by Crippen LogP contribution is 2.25. The Hall–Kier alpha value is -2.63. The molecule has 0 aliphatic rings. The van der Waals surface area contributed by atoms with Crippen molar-refractivity contribution in [1.82, 2.24) is 10.6 Å². The molecule has 0 radical (unpaired) electrons. The van der Waals surface area contributed by atoms with Crippen molar-refractivity contribution in [3.8, 4) is 11.3 Å². The van der Waals surface area contributed by atoms with Crippen molar-refractivity contribution in [2.45, 2.75) is 26.7 Å². The highest BCUT2D eigenvalue weighted by Gasteiger charge is 2.10. The van der Waals surface area contributed by atoms with Crippen LogP contribution in [0.1, 0.15) is 26.0 Å². The molecule has 5 nitrogen and oxygen atoms in total. The minimum absolute atomic E-state index is 0.0366. The van der Waals surface area contributed by atoms with Crippen molar-refractivity contribution in [1.29, 1.82) is 0 Å². The van der Waals surface area contributed by atoms with E-state index in [0.29, 0.717) is 36.6 Å². The first kappa shape index (κ1) is 18.7. The van der Waals surface area contributed by atoms with E-state index in [0.717, 1.165) is 0 Å². The first-order valence-electron chi connectivity index (χ1n) is 8.35. The summed E-state index contributed by atoms with van der Waals surface area (Å²) in [7, 11) is 0. The van der Waals surface area contributed by atoms with Crippen LogP contribution >= 0.6 is 0 Å². The van der Waals surface area contributed by atoms with Crippen molar-refractivity contribution in [3.05, 3.63) is 48.0 Å². The number of halogens is 1. The van der Waals surface area contributed by atoms with Crippen LogP contribution < -0.4 is 10.6 Å². The molecule has 0 fully saturated rings. The largest absolute Gasteiger partial charge is 0.461 e. The third kappa shape index (κ3) is 5.74. The van der Waals surface area contributed by atoms with E-state index in [9.17, 15) is 14.0 Å². The first-order valence-corrected chi connectivity index (χ1v) is 8.35. The average Bonchev–Trinajstić information content (AvgIpc) is 3.05. The molecule has 1 aromatic heterocycles. The Kier molecular flexibility index (Phi) is 6.74. The molecule has 2 rings (SSSR count). The van der Waals surface area contributed by atoms with Gasteiger partial charge in [0, 0.05) is 31.8 Å². The Labute approximate surface area is 146 Å². The molecule has 134 valence electrons. The summed E-state index contributed by atoms with van der Waals surface area (Å²) in [5, 5.41) is 5.47. The van der Waals surface area contributed by atoms with Crippen LogP contribution in [0.5, 0.6) is 0 Å². The zero-order chi connectivity index (χ0) is 18.2. The second-order valence-electron chi connectivity index (χ2n) is 6.04. The van der Waals surface area contributed by atoms with E-state index in [-0.39, 0.29) is 30.0 Å². The molecule has 0 spiro atoms. The topological polar surface area (TPSA) is 71.3 Å². The fourth-order valence-corrected chi connectivity index (χ4v) is 2.23. The molecule has 0 atom stereocenters. The molecule has 0 aliphatic carbocycles. The standard InChI is InChI=1S/C19H23FN2O3/c1-13(2)19(24)22-12-11-21-18(23)10-8-14-7-9-17(25-14)15-5-3-4-6-16(15)20/h3-7,9,13H,8,10-12H2,1-2H3,(H,21,23)(H,22,24). The lowest BCUT2D eigenvalue weighted by molar-refractivity contribution is -0.124. The van der Waals surface area contributed by atoms with Gasteiger partial charge in [-0.05, 0) is 24.3 Å².